The number of anilines is 4. The largest absolute Gasteiger partial charge is 0.378 e. The number of carbonyl (C=O) groups is 1. The number of hydrogen-bond donors (Lipinski definition) is 4. The van der Waals surface area contributed by atoms with Crippen LogP contribution in [0.15, 0.2) is 30.5 Å². The van der Waals surface area contributed by atoms with Gasteiger partial charge in [-0.05, 0) is 25.1 Å². The van der Waals surface area contributed by atoms with Crippen molar-refractivity contribution in [1.82, 2.24) is 9.97 Å². The Bertz CT molecular complexity index is 1220. The zero-order valence-corrected chi connectivity index (χ0v) is 20.3. The molecule has 0 saturated carbocycles. The molecule has 4 heterocycles. The molecule has 1 aliphatic heterocycles. The summed E-state index contributed by atoms with van der Waals surface area (Å²) in [4.78, 5) is 23.0. The zero-order chi connectivity index (χ0) is 25.1. The van der Waals surface area contributed by atoms with Gasteiger partial charge in [-0.25, -0.2) is 18.7 Å². The third-order valence-corrected chi connectivity index (χ3v) is 6.67. The minimum Gasteiger partial charge on any atom is -0.378 e. The normalized spacial score (nSPS) is 15.5. The lowest BCUT2D eigenvalue weighted by Gasteiger charge is -2.28. The summed E-state index contributed by atoms with van der Waals surface area (Å²) in [6, 6.07) is 4.75. The summed E-state index contributed by atoms with van der Waals surface area (Å²) in [6.07, 6.45) is 1.40. The molecule has 9 nitrogen and oxygen atoms in total. The SMILES string of the molecule is C[C@H](N)[C@H](Nc1nc(Nc2cnc(N3CCOCC3)c(F)c2)c(C(N)=O)cc1F)c1ccc(Cl)s1. The molecule has 2 atom stereocenters. The highest BCUT2D eigenvalue weighted by atomic mass is 35.5. The molecule has 1 fully saturated rings. The number of amides is 1. The van der Waals surface area contributed by atoms with E-state index >= 15 is 0 Å². The molecular weight excluding hydrogens is 500 g/mol. The van der Waals surface area contributed by atoms with Gasteiger partial charge in [-0.1, -0.05) is 11.6 Å². The predicted molar refractivity (Wildman–Crippen MR) is 133 cm³/mol. The van der Waals surface area contributed by atoms with Crippen molar-refractivity contribution in [3.05, 3.63) is 56.9 Å². The van der Waals surface area contributed by atoms with E-state index in [9.17, 15) is 13.6 Å². The average molecular weight is 524 g/mol. The molecule has 0 bridgehead atoms. The maximum atomic E-state index is 14.9. The molecule has 6 N–H and O–H groups in total. The van der Waals surface area contributed by atoms with Crippen molar-refractivity contribution in [1.29, 1.82) is 0 Å². The van der Waals surface area contributed by atoms with E-state index in [1.807, 2.05) is 0 Å². The van der Waals surface area contributed by atoms with Crippen LogP contribution in [0.5, 0.6) is 0 Å². The van der Waals surface area contributed by atoms with E-state index < -0.39 is 29.6 Å². The van der Waals surface area contributed by atoms with Crippen molar-refractivity contribution in [2.75, 3.05) is 41.8 Å². The van der Waals surface area contributed by atoms with Crippen LogP contribution in [-0.2, 0) is 4.74 Å². The molecule has 13 heteroatoms. The minimum absolute atomic E-state index is 0.0608. The van der Waals surface area contributed by atoms with Gasteiger partial charge in [-0.15, -0.1) is 11.3 Å². The Morgan fingerprint density at radius 3 is 2.57 bits per heavy atom. The summed E-state index contributed by atoms with van der Waals surface area (Å²) >= 11 is 7.34. The highest BCUT2D eigenvalue weighted by Crippen LogP contribution is 2.32. The van der Waals surface area contributed by atoms with Gasteiger partial charge in [-0.2, -0.15) is 0 Å². The van der Waals surface area contributed by atoms with Gasteiger partial charge in [0.15, 0.2) is 23.3 Å². The number of aromatic nitrogens is 2. The number of rotatable bonds is 8. The van der Waals surface area contributed by atoms with Crippen molar-refractivity contribution in [3.63, 3.8) is 0 Å². The quantitative estimate of drug-likeness (QED) is 0.352. The van der Waals surface area contributed by atoms with Gasteiger partial charge in [0.2, 0.25) is 0 Å². The predicted octanol–water partition coefficient (Wildman–Crippen LogP) is 3.65. The Morgan fingerprint density at radius 2 is 1.97 bits per heavy atom. The maximum Gasteiger partial charge on any atom is 0.252 e. The molecule has 186 valence electrons. The Morgan fingerprint density at radius 1 is 1.23 bits per heavy atom. The summed E-state index contributed by atoms with van der Waals surface area (Å²) < 4.78 is 35.5. The molecule has 0 aliphatic carbocycles. The lowest BCUT2D eigenvalue weighted by molar-refractivity contribution is 0.100. The van der Waals surface area contributed by atoms with E-state index in [-0.39, 0.29) is 28.7 Å². The number of nitrogens with two attached hydrogens (primary N) is 2. The second-order valence-electron chi connectivity index (χ2n) is 7.96. The van der Waals surface area contributed by atoms with Crippen LogP contribution in [-0.4, -0.2) is 48.2 Å². The van der Waals surface area contributed by atoms with Crippen LogP contribution in [0.1, 0.15) is 28.2 Å². The second-order valence-corrected chi connectivity index (χ2v) is 9.70. The van der Waals surface area contributed by atoms with Crippen LogP contribution in [0.2, 0.25) is 4.34 Å². The lowest BCUT2D eigenvalue weighted by Crippen LogP contribution is -2.37. The molecule has 4 rings (SSSR count). The maximum absolute atomic E-state index is 14.9. The van der Waals surface area contributed by atoms with E-state index in [0.29, 0.717) is 30.6 Å². The first-order valence-electron chi connectivity index (χ1n) is 10.8. The fourth-order valence-corrected chi connectivity index (χ4v) is 4.85. The number of nitrogens with zero attached hydrogens (tertiary/aromatic N) is 3. The van der Waals surface area contributed by atoms with E-state index in [1.54, 1.807) is 24.0 Å². The van der Waals surface area contributed by atoms with Gasteiger partial charge in [0.1, 0.15) is 5.82 Å². The van der Waals surface area contributed by atoms with Crippen LogP contribution >= 0.6 is 22.9 Å². The van der Waals surface area contributed by atoms with E-state index in [1.165, 1.54) is 23.6 Å². The topological polar surface area (TPSA) is 131 Å². The third-order valence-electron chi connectivity index (χ3n) is 5.36. The van der Waals surface area contributed by atoms with Crippen molar-refractivity contribution < 1.29 is 18.3 Å². The first-order chi connectivity index (χ1) is 16.7. The first kappa shape index (κ1) is 25.0. The number of pyridine rings is 2. The van der Waals surface area contributed by atoms with Crippen LogP contribution in [0.4, 0.5) is 31.9 Å². The van der Waals surface area contributed by atoms with Gasteiger partial charge in [0, 0.05) is 30.1 Å². The molecule has 1 amide bonds. The van der Waals surface area contributed by atoms with Crippen LogP contribution in [0, 0.1) is 11.6 Å². The van der Waals surface area contributed by atoms with Gasteiger partial charge < -0.3 is 31.7 Å². The van der Waals surface area contributed by atoms with E-state index in [4.69, 9.17) is 27.8 Å². The number of nitrogens with one attached hydrogen (secondary N) is 2. The molecule has 3 aromatic heterocycles. The molecule has 0 radical (unpaired) electrons. The first-order valence-corrected chi connectivity index (χ1v) is 12.0. The monoisotopic (exact) mass is 523 g/mol. The molecule has 0 unspecified atom stereocenters. The van der Waals surface area contributed by atoms with Crippen molar-refractivity contribution in [3.8, 4) is 0 Å². The number of carbonyl (C=O) groups excluding carboxylic acids is 1. The van der Waals surface area contributed by atoms with Crippen molar-refractivity contribution in [2.24, 2.45) is 11.5 Å². The molecule has 35 heavy (non-hydrogen) atoms. The zero-order valence-electron chi connectivity index (χ0n) is 18.7. The fraction of sp³-hybridized carbons (Fsp3) is 0.318. The second kappa shape index (κ2) is 10.7. The molecular formula is C22H24ClF2N7O2S. The Kier molecular flexibility index (Phi) is 7.65. The van der Waals surface area contributed by atoms with Crippen molar-refractivity contribution >= 4 is 52.0 Å². The van der Waals surface area contributed by atoms with Gasteiger partial charge in [0.25, 0.3) is 5.91 Å². The Labute approximate surface area is 209 Å². The van der Waals surface area contributed by atoms with Crippen LogP contribution in [0.25, 0.3) is 0 Å². The average Bonchev–Trinajstić information content (AvgIpc) is 3.25. The minimum atomic E-state index is -0.905. The number of primary amides is 1. The van der Waals surface area contributed by atoms with E-state index in [0.717, 1.165) is 10.9 Å². The van der Waals surface area contributed by atoms with Crippen molar-refractivity contribution in [2.45, 2.75) is 19.0 Å². The number of hydrogen-bond acceptors (Lipinski definition) is 9. The molecule has 3 aromatic rings. The smallest absolute Gasteiger partial charge is 0.252 e. The summed E-state index contributed by atoms with van der Waals surface area (Å²) in [7, 11) is 0. The van der Waals surface area contributed by atoms with Gasteiger partial charge in [-0.3, -0.25) is 4.79 Å². The lowest BCUT2D eigenvalue weighted by atomic mass is 10.1. The number of ether oxygens (including phenoxy) is 1. The highest BCUT2D eigenvalue weighted by Gasteiger charge is 2.23. The van der Waals surface area contributed by atoms with Crippen LogP contribution < -0.4 is 27.0 Å². The Hall–Kier alpha value is -3.06. The summed E-state index contributed by atoms with van der Waals surface area (Å²) in [5.74, 6) is -2.30. The number of morpholine rings is 1. The third kappa shape index (κ3) is 5.78. The summed E-state index contributed by atoms with van der Waals surface area (Å²) in [5, 5.41) is 5.80. The summed E-state index contributed by atoms with van der Waals surface area (Å²) in [5.41, 5.74) is 11.5. The standard InChI is InChI=1S/C22H24ClF2N7O2S/c1-11(26)18(16-2-3-17(23)35-16)30-21-14(24)9-13(19(27)33)20(31-21)29-12-8-15(25)22(28-10-12)32-4-6-34-7-5-32/h2-3,8-11,18H,4-7,26H2,1H3,(H2,27,33)(H2,29,30,31)/t11-,18-/m0/s1. The molecule has 1 saturated heterocycles. The fourth-order valence-electron chi connectivity index (χ4n) is 3.62. The summed E-state index contributed by atoms with van der Waals surface area (Å²) in [6.45, 7) is 3.77. The molecule has 0 aromatic carbocycles. The number of thiophene rings is 1. The highest BCUT2D eigenvalue weighted by molar-refractivity contribution is 7.16. The van der Waals surface area contributed by atoms with Crippen LogP contribution in [0.3, 0.4) is 0 Å². The molecule has 0 spiro atoms. The van der Waals surface area contributed by atoms with E-state index in [2.05, 4.69) is 20.6 Å². The molecule has 1 aliphatic rings. The Balaban J connectivity index is 1.63. The van der Waals surface area contributed by atoms with Gasteiger partial charge in [0.05, 0.1) is 41.0 Å². The van der Waals surface area contributed by atoms with Gasteiger partial charge >= 0.3 is 0 Å². The number of halogens is 3.